The summed E-state index contributed by atoms with van der Waals surface area (Å²) in [7, 11) is -1.71. The zero-order valence-corrected chi connectivity index (χ0v) is 17.2. The molecule has 0 aromatic heterocycles. The summed E-state index contributed by atoms with van der Waals surface area (Å²) in [6, 6.07) is 13.6. The highest BCUT2D eigenvalue weighted by molar-refractivity contribution is 7.90. The van der Waals surface area contributed by atoms with Gasteiger partial charge < -0.3 is 15.0 Å². The molecular formula is C21H24N2O5S. The molecule has 0 saturated heterocycles. The molecule has 1 aliphatic rings. The molecule has 3 rings (SSSR count). The quantitative estimate of drug-likeness (QED) is 0.708. The van der Waals surface area contributed by atoms with Gasteiger partial charge in [0.1, 0.15) is 21.6 Å². The summed E-state index contributed by atoms with van der Waals surface area (Å²) in [4.78, 5) is 27.2. The number of hydrogen-bond acceptors (Lipinski definition) is 5. The van der Waals surface area contributed by atoms with Gasteiger partial charge in [0.05, 0.1) is 12.9 Å². The van der Waals surface area contributed by atoms with Crippen LogP contribution in [0.25, 0.3) is 0 Å². The van der Waals surface area contributed by atoms with Gasteiger partial charge in [-0.25, -0.2) is 8.42 Å². The highest BCUT2D eigenvalue weighted by Crippen LogP contribution is 2.26. The van der Waals surface area contributed by atoms with E-state index >= 15 is 0 Å². The number of benzene rings is 2. The third-order valence-corrected chi connectivity index (χ3v) is 5.87. The summed E-state index contributed by atoms with van der Waals surface area (Å²) in [5.74, 6) is -0.131. The van der Waals surface area contributed by atoms with E-state index in [0.29, 0.717) is 11.3 Å². The van der Waals surface area contributed by atoms with Crippen molar-refractivity contribution in [3.63, 3.8) is 0 Å². The van der Waals surface area contributed by atoms with Crippen molar-refractivity contribution < 1.29 is 22.7 Å². The molecule has 2 amide bonds. The van der Waals surface area contributed by atoms with Crippen molar-refractivity contribution in [2.45, 2.75) is 25.6 Å². The second-order valence-corrected chi connectivity index (χ2v) is 9.35. The Morgan fingerprint density at radius 2 is 1.97 bits per heavy atom. The first kappa shape index (κ1) is 20.9. The molecule has 0 saturated carbocycles. The van der Waals surface area contributed by atoms with Crippen LogP contribution in [0.2, 0.25) is 0 Å². The van der Waals surface area contributed by atoms with E-state index in [0.717, 1.165) is 17.4 Å². The van der Waals surface area contributed by atoms with E-state index in [2.05, 4.69) is 5.32 Å². The summed E-state index contributed by atoms with van der Waals surface area (Å²) in [5, 5.41) is 2.83. The highest BCUT2D eigenvalue weighted by Gasteiger charge is 2.36. The van der Waals surface area contributed by atoms with E-state index in [1.54, 1.807) is 25.3 Å². The average molecular weight is 416 g/mol. The molecule has 1 atom stereocenters. The first-order valence-electron chi connectivity index (χ1n) is 9.26. The molecule has 1 N–H and O–H groups in total. The average Bonchev–Trinajstić information content (AvgIpc) is 3.02. The summed E-state index contributed by atoms with van der Waals surface area (Å²) in [6.45, 7) is 0.538. The topological polar surface area (TPSA) is 92.8 Å². The van der Waals surface area contributed by atoms with Crippen molar-refractivity contribution in [1.82, 2.24) is 10.2 Å². The fraction of sp³-hybridized carbons (Fsp3) is 0.333. The Morgan fingerprint density at radius 1 is 1.21 bits per heavy atom. The number of sulfone groups is 1. The van der Waals surface area contributed by atoms with Crippen LogP contribution in [-0.4, -0.2) is 50.3 Å². The number of nitrogens with one attached hydrogen (secondary N) is 1. The maximum absolute atomic E-state index is 12.9. The van der Waals surface area contributed by atoms with Gasteiger partial charge in [0.2, 0.25) is 5.91 Å². The van der Waals surface area contributed by atoms with Crippen LogP contribution in [0.5, 0.6) is 5.75 Å². The number of nitrogens with zero attached hydrogens (tertiary/aromatic N) is 1. The van der Waals surface area contributed by atoms with Gasteiger partial charge in [0.15, 0.2) is 0 Å². The summed E-state index contributed by atoms with van der Waals surface area (Å²) < 4.78 is 28.5. The zero-order chi connectivity index (χ0) is 21.0. The third-order valence-electron chi connectivity index (χ3n) is 4.89. The maximum Gasteiger partial charge on any atom is 0.255 e. The number of rotatable bonds is 8. The molecule has 29 heavy (non-hydrogen) atoms. The Balaban J connectivity index is 1.76. The smallest absolute Gasteiger partial charge is 0.255 e. The molecule has 7 nitrogen and oxygen atoms in total. The van der Waals surface area contributed by atoms with Crippen LogP contribution in [0.3, 0.4) is 0 Å². The predicted molar refractivity (Wildman–Crippen MR) is 109 cm³/mol. The molecule has 0 spiro atoms. The summed E-state index contributed by atoms with van der Waals surface area (Å²) >= 11 is 0. The second kappa shape index (κ2) is 8.65. The third kappa shape index (κ3) is 5.14. The van der Waals surface area contributed by atoms with Crippen LogP contribution >= 0.6 is 0 Å². The van der Waals surface area contributed by atoms with E-state index in [1.807, 2.05) is 30.3 Å². The fourth-order valence-corrected chi connectivity index (χ4v) is 4.02. The Morgan fingerprint density at radius 3 is 2.66 bits per heavy atom. The van der Waals surface area contributed by atoms with Crippen molar-refractivity contribution in [2.24, 2.45) is 0 Å². The highest BCUT2D eigenvalue weighted by atomic mass is 32.2. The lowest BCUT2D eigenvalue weighted by Gasteiger charge is -2.27. The van der Waals surface area contributed by atoms with Crippen LogP contribution in [0.15, 0.2) is 48.5 Å². The molecule has 1 aliphatic heterocycles. The van der Waals surface area contributed by atoms with Crippen LogP contribution in [0, 0.1) is 0 Å². The van der Waals surface area contributed by atoms with Crippen LogP contribution in [0.1, 0.15) is 27.9 Å². The van der Waals surface area contributed by atoms with Gasteiger partial charge in [-0.05, 0) is 35.7 Å². The molecule has 2 aromatic rings. The van der Waals surface area contributed by atoms with Gasteiger partial charge in [-0.3, -0.25) is 9.59 Å². The fourth-order valence-electron chi connectivity index (χ4n) is 3.37. The molecule has 1 heterocycles. The zero-order valence-electron chi connectivity index (χ0n) is 16.4. The lowest BCUT2D eigenvalue weighted by molar-refractivity contribution is -0.126. The van der Waals surface area contributed by atoms with Gasteiger partial charge in [-0.15, -0.1) is 0 Å². The first-order chi connectivity index (χ1) is 13.8. The number of carbonyl (C=O) groups is 2. The second-order valence-electron chi connectivity index (χ2n) is 7.09. The van der Waals surface area contributed by atoms with E-state index < -0.39 is 15.9 Å². The van der Waals surface area contributed by atoms with E-state index in [-0.39, 0.29) is 37.1 Å². The molecule has 0 bridgehead atoms. The van der Waals surface area contributed by atoms with Crippen molar-refractivity contribution in [3.05, 3.63) is 65.2 Å². The number of hydrogen-bond donors (Lipinski definition) is 1. The number of amides is 2. The van der Waals surface area contributed by atoms with Gasteiger partial charge in [-0.2, -0.15) is 0 Å². The van der Waals surface area contributed by atoms with Gasteiger partial charge in [0.25, 0.3) is 5.91 Å². The molecule has 0 aliphatic carbocycles. The molecule has 2 aromatic carbocycles. The molecule has 154 valence electrons. The maximum atomic E-state index is 12.9. The number of fused-ring (bicyclic) bond motifs is 1. The van der Waals surface area contributed by atoms with Crippen molar-refractivity contribution >= 4 is 21.7 Å². The van der Waals surface area contributed by atoms with Crippen molar-refractivity contribution in [2.75, 3.05) is 19.1 Å². The van der Waals surface area contributed by atoms with Gasteiger partial charge >= 0.3 is 0 Å². The minimum absolute atomic E-state index is 0.0442. The predicted octanol–water partition coefficient (Wildman–Crippen LogP) is 1.77. The Labute approximate surface area is 170 Å². The van der Waals surface area contributed by atoms with Crippen molar-refractivity contribution in [1.29, 1.82) is 0 Å². The molecular weight excluding hydrogens is 392 g/mol. The van der Waals surface area contributed by atoms with E-state index in [9.17, 15) is 18.0 Å². The van der Waals surface area contributed by atoms with Gasteiger partial charge in [0, 0.05) is 24.9 Å². The first-order valence-corrected chi connectivity index (χ1v) is 11.3. The van der Waals surface area contributed by atoms with Crippen LogP contribution < -0.4 is 10.1 Å². The number of carbonyl (C=O) groups excluding carboxylic acids is 2. The van der Waals surface area contributed by atoms with Crippen molar-refractivity contribution in [3.8, 4) is 5.75 Å². The molecule has 8 heteroatoms. The Hall–Kier alpha value is -2.87. The molecule has 0 fully saturated rings. The Bertz CT molecular complexity index is 1020. The number of methoxy groups -OCH3 is 1. The SMILES string of the molecule is COc1cccc(CNC(=O)[C@@H](CCS(C)(=O)=O)N2Cc3ccccc3C2=O)c1. The van der Waals surface area contributed by atoms with Gasteiger partial charge in [-0.1, -0.05) is 30.3 Å². The number of ether oxygens (including phenoxy) is 1. The van der Waals surface area contributed by atoms with Crippen LogP contribution in [0.4, 0.5) is 0 Å². The standard InChI is InChI=1S/C21H24N2O5S/c1-28-17-8-5-6-15(12-17)13-22-20(24)19(10-11-29(2,26)27)23-14-16-7-3-4-9-18(16)21(23)25/h3-9,12,19H,10-11,13-14H2,1-2H3,(H,22,24)/t19-/m1/s1. The van der Waals surface area contributed by atoms with Crippen LogP contribution in [-0.2, 0) is 27.7 Å². The molecule has 0 unspecified atom stereocenters. The monoisotopic (exact) mass is 416 g/mol. The lowest BCUT2D eigenvalue weighted by atomic mass is 10.1. The largest absolute Gasteiger partial charge is 0.497 e. The normalized spacial score (nSPS) is 14.4. The summed E-state index contributed by atoms with van der Waals surface area (Å²) in [5.41, 5.74) is 2.23. The molecule has 0 radical (unpaired) electrons. The van der Waals surface area contributed by atoms with E-state index in [4.69, 9.17) is 4.74 Å². The Kier molecular flexibility index (Phi) is 6.22. The van der Waals surface area contributed by atoms with E-state index in [1.165, 1.54) is 4.90 Å². The summed E-state index contributed by atoms with van der Waals surface area (Å²) in [6.07, 6.45) is 1.17. The minimum Gasteiger partial charge on any atom is -0.497 e. The minimum atomic E-state index is -3.28. The lowest BCUT2D eigenvalue weighted by Crippen LogP contribution is -2.47.